The first kappa shape index (κ1) is 19.3. The van der Waals surface area contributed by atoms with Crippen LogP contribution in [0.2, 0.25) is 0 Å². The fourth-order valence-electron chi connectivity index (χ4n) is 3.97. The fourth-order valence-corrected chi connectivity index (χ4v) is 3.97. The lowest BCUT2D eigenvalue weighted by Gasteiger charge is -2.38. The van der Waals surface area contributed by atoms with Crippen molar-refractivity contribution in [2.45, 2.75) is 63.7 Å². The number of rotatable bonds is 6. The molecule has 1 saturated heterocycles. The fraction of sp³-hybridized carbons (Fsp3) is 0.417. The Morgan fingerprint density at radius 3 is 2.00 bits per heavy atom. The van der Waals surface area contributed by atoms with Crippen molar-refractivity contribution in [1.82, 2.24) is 0 Å². The summed E-state index contributed by atoms with van der Waals surface area (Å²) in [5, 5.41) is 0. The summed E-state index contributed by atoms with van der Waals surface area (Å²) in [4.78, 5) is 0. The molecule has 2 aromatic carbocycles. The molecule has 1 saturated carbocycles. The maximum Gasteiger partial charge on any atom is 0.164 e. The van der Waals surface area contributed by atoms with Crippen molar-refractivity contribution in [2.75, 3.05) is 0 Å². The highest BCUT2D eigenvalue weighted by Crippen LogP contribution is 2.41. The Hall–Kier alpha value is -1.98. The molecule has 0 spiro atoms. The minimum Gasteiger partial charge on any atom is -0.370 e. The van der Waals surface area contributed by atoms with Gasteiger partial charge in [0.05, 0.1) is 19.3 Å². The van der Waals surface area contributed by atoms with E-state index >= 15 is 0 Å². The maximum atomic E-state index is 6.24. The molecule has 4 heteroatoms. The smallest absolute Gasteiger partial charge is 0.164 e. The van der Waals surface area contributed by atoms with Crippen LogP contribution in [0.1, 0.15) is 31.4 Å². The first-order valence-corrected chi connectivity index (χ1v) is 9.86. The lowest BCUT2D eigenvalue weighted by molar-refractivity contribution is -0.161. The maximum absolute atomic E-state index is 6.24. The molecule has 0 unspecified atom stereocenters. The molecule has 0 amide bonds. The lowest BCUT2D eigenvalue weighted by atomic mass is 9.86. The third kappa shape index (κ3) is 4.36. The number of benzene rings is 2. The van der Waals surface area contributed by atoms with E-state index < -0.39 is 5.79 Å². The van der Waals surface area contributed by atoms with Gasteiger partial charge in [-0.05, 0) is 37.0 Å². The Bertz CT molecular complexity index is 787. The highest BCUT2D eigenvalue weighted by atomic mass is 16.8. The molecule has 0 bridgehead atoms. The summed E-state index contributed by atoms with van der Waals surface area (Å²) in [6.45, 7) is 9.23. The zero-order valence-electron chi connectivity index (χ0n) is 16.5. The van der Waals surface area contributed by atoms with Gasteiger partial charge in [-0.1, -0.05) is 67.2 Å². The summed E-state index contributed by atoms with van der Waals surface area (Å²) < 4.78 is 24.9. The van der Waals surface area contributed by atoms with Gasteiger partial charge in [-0.3, -0.25) is 0 Å². The molecular formula is C24H28O4. The third-order valence-corrected chi connectivity index (χ3v) is 5.27. The van der Waals surface area contributed by atoms with Gasteiger partial charge in [-0.2, -0.15) is 0 Å². The van der Waals surface area contributed by atoms with Gasteiger partial charge in [0.15, 0.2) is 5.79 Å². The molecule has 0 radical (unpaired) electrons. The molecule has 2 fully saturated rings. The minimum atomic E-state index is -0.664. The van der Waals surface area contributed by atoms with E-state index in [2.05, 4.69) is 30.8 Å². The first-order chi connectivity index (χ1) is 13.5. The van der Waals surface area contributed by atoms with E-state index in [0.29, 0.717) is 19.6 Å². The van der Waals surface area contributed by atoms with Gasteiger partial charge in [-0.25, -0.2) is 0 Å². The summed E-state index contributed by atoms with van der Waals surface area (Å²) in [5.74, 6) is -0.664. The van der Waals surface area contributed by atoms with Crippen molar-refractivity contribution in [1.29, 1.82) is 0 Å². The van der Waals surface area contributed by atoms with Gasteiger partial charge in [-0.15, -0.1) is 0 Å². The van der Waals surface area contributed by atoms with Crippen molar-refractivity contribution < 1.29 is 18.9 Å². The van der Waals surface area contributed by atoms with E-state index in [9.17, 15) is 0 Å². The summed E-state index contributed by atoms with van der Waals surface area (Å²) in [7, 11) is 0. The minimum absolute atomic E-state index is 0.101. The van der Waals surface area contributed by atoms with Crippen LogP contribution >= 0.6 is 0 Å². The van der Waals surface area contributed by atoms with Gasteiger partial charge in [0.1, 0.15) is 18.3 Å². The Morgan fingerprint density at radius 1 is 0.857 bits per heavy atom. The van der Waals surface area contributed by atoms with E-state index in [0.717, 1.165) is 16.7 Å². The molecule has 4 nitrogen and oxygen atoms in total. The summed E-state index contributed by atoms with van der Waals surface area (Å²) in [5.41, 5.74) is 3.27. The molecule has 28 heavy (non-hydrogen) atoms. The Labute approximate surface area is 167 Å². The van der Waals surface area contributed by atoms with E-state index in [1.807, 2.05) is 50.2 Å². The van der Waals surface area contributed by atoms with Crippen LogP contribution < -0.4 is 0 Å². The van der Waals surface area contributed by atoms with Crippen molar-refractivity contribution in [2.24, 2.45) is 0 Å². The largest absolute Gasteiger partial charge is 0.370 e. The molecule has 1 aliphatic heterocycles. The quantitative estimate of drug-likeness (QED) is 0.685. The third-order valence-electron chi connectivity index (χ3n) is 5.27. The van der Waals surface area contributed by atoms with Crippen LogP contribution in [-0.4, -0.2) is 30.2 Å². The van der Waals surface area contributed by atoms with Crippen LogP contribution in [0.25, 0.3) is 0 Å². The van der Waals surface area contributed by atoms with E-state index in [1.165, 1.54) is 0 Å². The molecule has 1 aliphatic carbocycles. The monoisotopic (exact) mass is 380 g/mol. The molecule has 0 N–H and O–H groups in total. The Morgan fingerprint density at radius 2 is 1.39 bits per heavy atom. The van der Waals surface area contributed by atoms with Gasteiger partial charge >= 0.3 is 0 Å². The second-order valence-electron chi connectivity index (χ2n) is 7.98. The summed E-state index contributed by atoms with van der Waals surface area (Å²) in [6.07, 6.45) is -0.00211. The van der Waals surface area contributed by atoms with Crippen molar-refractivity contribution in [3.8, 4) is 0 Å². The molecule has 4 rings (SSSR count). The Balaban J connectivity index is 1.45. The van der Waals surface area contributed by atoms with Crippen LogP contribution in [0.3, 0.4) is 0 Å². The number of fused-ring (bicyclic) bond motifs is 1. The predicted octanol–water partition coefficient (Wildman–Crippen LogP) is 4.64. The zero-order chi connectivity index (χ0) is 19.6. The standard InChI is InChI=1S/C24H28O4/c1-17-14-20(25-15-18-10-6-4-7-11-18)22-23(28-24(2,3)27-22)21(17)26-16-19-12-8-5-9-13-19/h4-13,20-23H,1,14-16H2,2-3H3/t20-,21-,22-,23-/m1/s1. The molecule has 1 heterocycles. The van der Waals surface area contributed by atoms with Crippen molar-refractivity contribution in [3.05, 3.63) is 83.9 Å². The highest BCUT2D eigenvalue weighted by molar-refractivity contribution is 5.19. The molecule has 2 aromatic rings. The van der Waals surface area contributed by atoms with Crippen LogP contribution in [0, 0.1) is 0 Å². The average Bonchev–Trinajstić information content (AvgIpc) is 3.02. The molecule has 0 aromatic heterocycles. The molecule has 148 valence electrons. The summed E-state index contributed by atoms with van der Waals surface area (Å²) >= 11 is 0. The van der Waals surface area contributed by atoms with Gasteiger partial charge in [0.2, 0.25) is 0 Å². The van der Waals surface area contributed by atoms with Gasteiger partial charge in [0.25, 0.3) is 0 Å². The topological polar surface area (TPSA) is 36.9 Å². The summed E-state index contributed by atoms with van der Waals surface area (Å²) in [6, 6.07) is 20.3. The van der Waals surface area contributed by atoms with Gasteiger partial charge in [0, 0.05) is 0 Å². The lowest BCUT2D eigenvalue weighted by Crippen LogP contribution is -2.50. The second kappa shape index (κ2) is 8.18. The van der Waals surface area contributed by atoms with Crippen LogP contribution in [0.5, 0.6) is 0 Å². The van der Waals surface area contributed by atoms with Gasteiger partial charge < -0.3 is 18.9 Å². The average molecular weight is 380 g/mol. The number of hydrogen-bond donors (Lipinski definition) is 0. The highest BCUT2D eigenvalue weighted by Gasteiger charge is 2.53. The zero-order valence-corrected chi connectivity index (χ0v) is 16.5. The van der Waals surface area contributed by atoms with Crippen molar-refractivity contribution >= 4 is 0 Å². The Kier molecular flexibility index (Phi) is 5.65. The number of ether oxygens (including phenoxy) is 4. The van der Waals surface area contributed by atoms with Crippen LogP contribution in [0.4, 0.5) is 0 Å². The van der Waals surface area contributed by atoms with Crippen LogP contribution in [-0.2, 0) is 32.2 Å². The van der Waals surface area contributed by atoms with E-state index in [4.69, 9.17) is 18.9 Å². The number of hydrogen-bond acceptors (Lipinski definition) is 4. The molecule has 2 aliphatic rings. The van der Waals surface area contributed by atoms with E-state index in [1.54, 1.807) is 0 Å². The van der Waals surface area contributed by atoms with Crippen LogP contribution in [0.15, 0.2) is 72.8 Å². The molecule has 4 atom stereocenters. The first-order valence-electron chi connectivity index (χ1n) is 9.86. The van der Waals surface area contributed by atoms with Crippen molar-refractivity contribution in [3.63, 3.8) is 0 Å². The van der Waals surface area contributed by atoms with E-state index in [-0.39, 0.29) is 24.4 Å². The SMILES string of the molecule is C=C1C[C@@H](OCc2ccccc2)[C@H]2OC(C)(C)O[C@@H]2[C@@H]1OCc1ccccc1. The normalized spacial score (nSPS) is 28.9. The molecular weight excluding hydrogens is 352 g/mol. The predicted molar refractivity (Wildman–Crippen MR) is 108 cm³/mol. The second-order valence-corrected chi connectivity index (χ2v) is 7.98.